The van der Waals surface area contributed by atoms with E-state index in [0.717, 1.165) is 44.9 Å². The van der Waals surface area contributed by atoms with Crippen molar-refractivity contribution in [3.8, 4) is 0 Å². The lowest BCUT2D eigenvalue weighted by Gasteiger charge is -2.39. The summed E-state index contributed by atoms with van der Waals surface area (Å²) in [4.78, 5) is 24.4. The zero-order valence-corrected chi connectivity index (χ0v) is 13.8. The Morgan fingerprint density at radius 1 is 1.09 bits per heavy atom. The fourth-order valence-corrected chi connectivity index (χ4v) is 4.11. The van der Waals surface area contributed by atoms with Crippen LogP contribution in [0.5, 0.6) is 0 Å². The van der Waals surface area contributed by atoms with Crippen LogP contribution in [-0.4, -0.2) is 29.9 Å². The molecule has 126 valence electrons. The lowest BCUT2D eigenvalue weighted by molar-refractivity contribution is -0.135. The van der Waals surface area contributed by atoms with Gasteiger partial charge in [-0.1, -0.05) is 38.5 Å². The molecule has 2 rings (SSSR count). The van der Waals surface area contributed by atoms with Crippen molar-refractivity contribution in [3.63, 3.8) is 0 Å². The van der Waals surface area contributed by atoms with E-state index < -0.39 is 5.54 Å². The van der Waals surface area contributed by atoms with E-state index in [4.69, 9.17) is 5.73 Å². The summed E-state index contributed by atoms with van der Waals surface area (Å²) < 4.78 is 0. The van der Waals surface area contributed by atoms with Crippen LogP contribution < -0.4 is 16.4 Å². The van der Waals surface area contributed by atoms with Gasteiger partial charge < -0.3 is 16.4 Å². The van der Waals surface area contributed by atoms with E-state index in [-0.39, 0.29) is 17.9 Å². The molecule has 0 aromatic rings. The molecule has 5 nitrogen and oxygen atoms in total. The zero-order chi connectivity index (χ0) is 16.0. The number of amides is 2. The molecule has 0 aliphatic heterocycles. The van der Waals surface area contributed by atoms with Crippen LogP contribution in [0.25, 0.3) is 0 Å². The molecule has 0 aromatic carbocycles. The Morgan fingerprint density at radius 3 is 2.23 bits per heavy atom. The Balaban J connectivity index is 2.03. The summed E-state index contributed by atoms with van der Waals surface area (Å²) >= 11 is 0. The monoisotopic (exact) mass is 309 g/mol. The van der Waals surface area contributed by atoms with Crippen LogP contribution in [0, 0.1) is 5.92 Å². The molecule has 1 unspecified atom stereocenters. The van der Waals surface area contributed by atoms with Gasteiger partial charge in [0.25, 0.3) is 0 Å². The first-order valence-corrected chi connectivity index (χ1v) is 8.87. The highest BCUT2D eigenvalue weighted by Gasteiger charge is 2.41. The third-order valence-corrected chi connectivity index (χ3v) is 5.35. The number of carbonyl (C=O) groups excluding carboxylic acids is 2. The molecule has 2 aliphatic carbocycles. The molecule has 22 heavy (non-hydrogen) atoms. The van der Waals surface area contributed by atoms with E-state index in [1.165, 1.54) is 26.2 Å². The van der Waals surface area contributed by atoms with E-state index >= 15 is 0 Å². The number of hydrogen-bond acceptors (Lipinski definition) is 3. The number of nitrogens with two attached hydrogens (primary N) is 1. The van der Waals surface area contributed by atoms with Crippen LogP contribution in [0.1, 0.15) is 71.1 Å². The van der Waals surface area contributed by atoms with Crippen LogP contribution >= 0.6 is 0 Å². The van der Waals surface area contributed by atoms with E-state index in [0.29, 0.717) is 12.5 Å². The van der Waals surface area contributed by atoms with Crippen molar-refractivity contribution in [3.05, 3.63) is 0 Å². The van der Waals surface area contributed by atoms with Crippen LogP contribution in [0.2, 0.25) is 0 Å². The summed E-state index contributed by atoms with van der Waals surface area (Å²) in [6, 6.07) is 0.0420. The average Bonchev–Trinajstić information content (AvgIpc) is 2.53. The molecule has 0 heterocycles. The van der Waals surface area contributed by atoms with Crippen molar-refractivity contribution in [1.29, 1.82) is 0 Å². The van der Waals surface area contributed by atoms with E-state index in [2.05, 4.69) is 10.6 Å². The Bertz CT molecular complexity index is 385. The maximum Gasteiger partial charge on any atom is 0.246 e. The largest absolute Gasteiger partial charge is 0.350 e. The predicted octanol–water partition coefficient (Wildman–Crippen LogP) is 1.85. The first-order valence-electron chi connectivity index (χ1n) is 8.87. The molecule has 0 saturated heterocycles. The molecule has 0 aromatic heterocycles. The van der Waals surface area contributed by atoms with Gasteiger partial charge in [0.2, 0.25) is 11.8 Å². The lowest BCUT2D eigenvalue weighted by Crippen LogP contribution is -2.62. The predicted molar refractivity (Wildman–Crippen MR) is 87.2 cm³/mol. The summed E-state index contributed by atoms with van der Waals surface area (Å²) in [6.07, 6.45) is 10.6. The molecule has 1 atom stereocenters. The Labute approximate surface area is 133 Å². The standard InChI is InChI=1S/C17H31N3O2/c1-13(21)20-17(10-6-3-7-11-17)16(22)19-15(12-18)14-8-4-2-5-9-14/h14-15H,2-12,18H2,1H3,(H,19,22)(H,20,21). The molecule has 0 bridgehead atoms. The fraction of sp³-hybridized carbons (Fsp3) is 0.882. The van der Waals surface area contributed by atoms with Crippen LogP contribution in [-0.2, 0) is 9.59 Å². The van der Waals surface area contributed by atoms with Gasteiger partial charge in [-0.05, 0) is 31.6 Å². The SMILES string of the molecule is CC(=O)NC1(C(=O)NC(CN)C2CCCCC2)CCCCC1. The topological polar surface area (TPSA) is 84.2 Å². The third kappa shape index (κ3) is 4.22. The maximum absolute atomic E-state index is 12.9. The quantitative estimate of drug-likeness (QED) is 0.724. The third-order valence-electron chi connectivity index (χ3n) is 5.35. The van der Waals surface area contributed by atoms with Gasteiger partial charge in [-0.15, -0.1) is 0 Å². The molecule has 0 radical (unpaired) electrons. The molecular formula is C17H31N3O2. The van der Waals surface area contributed by atoms with Crippen molar-refractivity contribution in [2.24, 2.45) is 11.7 Å². The Hall–Kier alpha value is -1.10. The second-order valence-corrected chi connectivity index (χ2v) is 7.04. The van der Waals surface area contributed by atoms with Gasteiger partial charge in [-0.25, -0.2) is 0 Å². The van der Waals surface area contributed by atoms with Gasteiger partial charge in [0, 0.05) is 19.5 Å². The highest BCUT2D eigenvalue weighted by molar-refractivity contribution is 5.91. The lowest BCUT2D eigenvalue weighted by atomic mass is 9.79. The first-order chi connectivity index (χ1) is 10.6. The summed E-state index contributed by atoms with van der Waals surface area (Å²) in [6.45, 7) is 1.97. The van der Waals surface area contributed by atoms with Crippen molar-refractivity contribution < 1.29 is 9.59 Å². The minimum absolute atomic E-state index is 0.0246. The van der Waals surface area contributed by atoms with Crippen molar-refractivity contribution in [2.45, 2.75) is 82.7 Å². The van der Waals surface area contributed by atoms with Crippen LogP contribution in [0.15, 0.2) is 0 Å². The summed E-state index contributed by atoms with van der Waals surface area (Å²) in [7, 11) is 0. The molecule has 2 saturated carbocycles. The molecule has 5 heteroatoms. The minimum atomic E-state index is -0.716. The number of nitrogens with one attached hydrogen (secondary N) is 2. The van der Waals surface area contributed by atoms with Crippen LogP contribution in [0.3, 0.4) is 0 Å². The smallest absolute Gasteiger partial charge is 0.246 e. The number of hydrogen-bond donors (Lipinski definition) is 3. The van der Waals surface area contributed by atoms with Gasteiger partial charge in [0.15, 0.2) is 0 Å². The molecular weight excluding hydrogens is 278 g/mol. The second kappa shape index (κ2) is 7.95. The first kappa shape index (κ1) is 17.3. The van der Waals surface area contributed by atoms with Crippen molar-refractivity contribution >= 4 is 11.8 Å². The van der Waals surface area contributed by atoms with E-state index in [1.807, 2.05) is 0 Å². The number of carbonyl (C=O) groups is 2. The highest BCUT2D eigenvalue weighted by Crippen LogP contribution is 2.30. The second-order valence-electron chi connectivity index (χ2n) is 7.04. The van der Waals surface area contributed by atoms with Gasteiger partial charge in [-0.2, -0.15) is 0 Å². The van der Waals surface area contributed by atoms with Crippen LogP contribution in [0.4, 0.5) is 0 Å². The number of rotatable bonds is 5. The molecule has 2 amide bonds. The van der Waals surface area contributed by atoms with E-state index in [9.17, 15) is 9.59 Å². The van der Waals surface area contributed by atoms with Gasteiger partial charge in [0.05, 0.1) is 0 Å². The summed E-state index contributed by atoms with van der Waals surface area (Å²) in [5, 5.41) is 6.11. The maximum atomic E-state index is 12.9. The highest BCUT2D eigenvalue weighted by atomic mass is 16.2. The summed E-state index contributed by atoms with van der Waals surface area (Å²) in [5.74, 6) is 0.336. The minimum Gasteiger partial charge on any atom is -0.350 e. The van der Waals surface area contributed by atoms with Gasteiger partial charge in [0.1, 0.15) is 5.54 Å². The molecule has 2 aliphatic rings. The van der Waals surface area contributed by atoms with Gasteiger partial charge in [-0.3, -0.25) is 9.59 Å². The normalized spacial score (nSPS) is 23.5. The fourth-order valence-electron chi connectivity index (χ4n) is 4.11. The van der Waals surface area contributed by atoms with E-state index in [1.54, 1.807) is 0 Å². The van der Waals surface area contributed by atoms with Crippen molar-refractivity contribution in [2.75, 3.05) is 6.54 Å². The van der Waals surface area contributed by atoms with Crippen molar-refractivity contribution in [1.82, 2.24) is 10.6 Å². The zero-order valence-electron chi connectivity index (χ0n) is 13.8. The molecule has 2 fully saturated rings. The summed E-state index contributed by atoms with van der Waals surface area (Å²) in [5.41, 5.74) is 5.21. The Morgan fingerprint density at radius 2 is 1.68 bits per heavy atom. The van der Waals surface area contributed by atoms with Gasteiger partial charge >= 0.3 is 0 Å². The Kier molecular flexibility index (Phi) is 6.24. The molecule has 0 spiro atoms. The molecule has 4 N–H and O–H groups in total. The average molecular weight is 309 g/mol.